The Morgan fingerprint density at radius 2 is 2.12 bits per heavy atom. The number of nitrogens with two attached hydrogens (primary N) is 1. The highest BCUT2D eigenvalue weighted by atomic mass is 32.1. The summed E-state index contributed by atoms with van der Waals surface area (Å²) in [4.78, 5) is 28.1. The maximum atomic E-state index is 12.2. The van der Waals surface area contributed by atoms with Gasteiger partial charge < -0.3 is 20.5 Å². The third kappa shape index (κ3) is 4.77. The van der Waals surface area contributed by atoms with Crippen LogP contribution in [0.1, 0.15) is 30.7 Å². The Balaban J connectivity index is 1.96. The largest absolute Gasteiger partial charge is 0.491 e. The topological polar surface area (TPSA) is 104 Å². The van der Waals surface area contributed by atoms with E-state index in [1.807, 2.05) is 0 Å². The van der Waals surface area contributed by atoms with Gasteiger partial charge in [-0.1, -0.05) is 6.07 Å². The van der Waals surface area contributed by atoms with Crippen molar-refractivity contribution < 1.29 is 19.1 Å². The molecule has 2 rings (SSSR count). The van der Waals surface area contributed by atoms with Crippen LogP contribution in [0.3, 0.4) is 0 Å². The molecule has 1 aromatic carbocycles. The van der Waals surface area contributed by atoms with E-state index in [1.54, 1.807) is 38.3 Å². The van der Waals surface area contributed by atoms with Gasteiger partial charge in [0.05, 0.1) is 18.8 Å². The van der Waals surface area contributed by atoms with Gasteiger partial charge in [-0.3, -0.25) is 9.59 Å². The van der Waals surface area contributed by atoms with Crippen LogP contribution in [0.2, 0.25) is 0 Å². The molecule has 2 aromatic rings. The maximum absolute atomic E-state index is 12.2. The highest BCUT2D eigenvalue weighted by molar-refractivity contribution is 7.13. The molecule has 24 heavy (non-hydrogen) atoms. The molecule has 128 valence electrons. The predicted molar refractivity (Wildman–Crippen MR) is 90.4 cm³/mol. The number of ether oxygens (including phenoxy) is 2. The average molecular weight is 349 g/mol. The SMILES string of the molecule is COCCOc1cccc(C(=O)NCc2nc(C)c(C(N)=O)s2)c1. The van der Waals surface area contributed by atoms with Gasteiger partial charge in [-0.25, -0.2) is 4.98 Å². The average Bonchev–Trinajstić information content (AvgIpc) is 2.94. The molecule has 3 N–H and O–H groups in total. The molecule has 8 heteroatoms. The summed E-state index contributed by atoms with van der Waals surface area (Å²) in [6.07, 6.45) is 0. The molecule has 0 aliphatic rings. The van der Waals surface area contributed by atoms with E-state index in [2.05, 4.69) is 10.3 Å². The Morgan fingerprint density at radius 1 is 1.33 bits per heavy atom. The number of nitrogens with one attached hydrogen (secondary N) is 1. The van der Waals surface area contributed by atoms with Crippen LogP contribution in [0.25, 0.3) is 0 Å². The van der Waals surface area contributed by atoms with Gasteiger partial charge in [-0.15, -0.1) is 11.3 Å². The van der Waals surface area contributed by atoms with E-state index >= 15 is 0 Å². The van der Waals surface area contributed by atoms with Crippen LogP contribution in [0.4, 0.5) is 0 Å². The van der Waals surface area contributed by atoms with E-state index in [1.165, 1.54) is 11.3 Å². The van der Waals surface area contributed by atoms with Crippen LogP contribution in [0.5, 0.6) is 5.75 Å². The Bertz CT molecular complexity index is 730. The number of rotatable bonds is 8. The van der Waals surface area contributed by atoms with Crippen molar-refractivity contribution in [3.8, 4) is 5.75 Å². The Labute approximate surface area is 143 Å². The smallest absolute Gasteiger partial charge is 0.260 e. The van der Waals surface area contributed by atoms with E-state index in [0.717, 1.165) is 0 Å². The van der Waals surface area contributed by atoms with Gasteiger partial charge in [0.1, 0.15) is 22.2 Å². The summed E-state index contributed by atoms with van der Waals surface area (Å²) in [5, 5.41) is 3.39. The zero-order valence-electron chi connectivity index (χ0n) is 13.5. The first kappa shape index (κ1) is 17.9. The molecule has 2 amide bonds. The van der Waals surface area contributed by atoms with Crippen molar-refractivity contribution in [1.29, 1.82) is 0 Å². The fourth-order valence-corrected chi connectivity index (χ4v) is 2.84. The van der Waals surface area contributed by atoms with E-state index in [4.69, 9.17) is 15.2 Å². The molecule has 0 atom stereocenters. The van der Waals surface area contributed by atoms with Crippen LogP contribution in [0, 0.1) is 6.92 Å². The Kier molecular flexibility index (Phi) is 6.28. The number of aromatic nitrogens is 1. The molecule has 0 spiro atoms. The van der Waals surface area contributed by atoms with Gasteiger partial charge in [0.15, 0.2) is 0 Å². The minimum Gasteiger partial charge on any atom is -0.491 e. The molecular formula is C16H19N3O4S. The molecule has 0 bridgehead atoms. The lowest BCUT2D eigenvalue weighted by Gasteiger charge is -2.08. The second-order valence-corrected chi connectivity index (χ2v) is 6.02. The van der Waals surface area contributed by atoms with Crippen molar-refractivity contribution in [2.75, 3.05) is 20.3 Å². The van der Waals surface area contributed by atoms with Gasteiger partial charge in [0.2, 0.25) is 0 Å². The molecule has 1 heterocycles. The molecule has 1 aromatic heterocycles. The van der Waals surface area contributed by atoms with Gasteiger partial charge in [-0.2, -0.15) is 0 Å². The van der Waals surface area contributed by atoms with E-state index in [0.29, 0.717) is 40.1 Å². The molecular weight excluding hydrogens is 330 g/mol. The molecule has 7 nitrogen and oxygen atoms in total. The number of methoxy groups -OCH3 is 1. The van der Waals surface area contributed by atoms with Gasteiger partial charge in [0, 0.05) is 12.7 Å². The number of primary amides is 1. The molecule has 0 radical (unpaired) electrons. The predicted octanol–water partition coefficient (Wildman–Crippen LogP) is 1.51. The Morgan fingerprint density at radius 3 is 2.79 bits per heavy atom. The number of aryl methyl sites for hydroxylation is 1. The van der Waals surface area contributed by atoms with Crippen molar-refractivity contribution in [2.24, 2.45) is 5.73 Å². The number of thiazole rings is 1. The zero-order chi connectivity index (χ0) is 17.5. The lowest BCUT2D eigenvalue weighted by atomic mass is 10.2. The highest BCUT2D eigenvalue weighted by Crippen LogP contribution is 2.18. The second-order valence-electron chi connectivity index (χ2n) is 4.94. The molecule has 0 aliphatic carbocycles. The summed E-state index contributed by atoms with van der Waals surface area (Å²) in [5.74, 6) is -0.162. The van der Waals surface area contributed by atoms with Crippen LogP contribution in [-0.4, -0.2) is 37.1 Å². The van der Waals surface area contributed by atoms with Crippen molar-refractivity contribution in [3.05, 3.63) is 45.4 Å². The fourth-order valence-electron chi connectivity index (χ4n) is 1.98. The summed E-state index contributed by atoms with van der Waals surface area (Å²) in [6, 6.07) is 6.87. The van der Waals surface area contributed by atoms with Gasteiger partial charge in [0.25, 0.3) is 11.8 Å². The van der Waals surface area contributed by atoms with Gasteiger partial charge >= 0.3 is 0 Å². The summed E-state index contributed by atoms with van der Waals surface area (Å²) in [7, 11) is 1.59. The summed E-state index contributed by atoms with van der Waals surface area (Å²) >= 11 is 1.18. The summed E-state index contributed by atoms with van der Waals surface area (Å²) < 4.78 is 10.4. The number of hydrogen-bond donors (Lipinski definition) is 2. The van der Waals surface area contributed by atoms with E-state index in [-0.39, 0.29) is 12.5 Å². The third-order valence-corrected chi connectivity index (χ3v) is 4.29. The third-order valence-electron chi connectivity index (χ3n) is 3.12. The molecule has 0 saturated carbocycles. The molecule has 0 fully saturated rings. The second kappa shape index (κ2) is 8.42. The van der Waals surface area contributed by atoms with Crippen molar-refractivity contribution in [2.45, 2.75) is 13.5 Å². The van der Waals surface area contributed by atoms with Crippen LogP contribution < -0.4 is 15.8 Å². The number of carbonyl (C=O) groups is 2. The fraction of sp³-hybridized carbons (Fsp3) is 0.312. The van der Waals surface area contributed by atoms with E-state index in [9.17, 15) is 9.59 Å². The molecule has 0 unspecified atom stereocenters. The maximum Gasteiger partial charge on any atom is 0.260 e. The lowest BCUT2D eigenvalue weighted by molar-refractivity contribution is 0.0949. The van der Waals surface area contributed by atoms with Crippen LogP contribution in [-0.2, 0) is 11.3 Å². The molecule has 0 saturated heterocycles. The lowest BCUT2D eigenvalue weighted by Crippen LogP contribution is -2.22. The number of hydrogen-bond acceptors (Lipinski definition) is 6. The van der Waals surface area contributed by atoms with E-state index < -0.39 is 5.91 Å². The number of amides is 2. The summed E-state index contributed by atoms with van der Waals surface area (Å²) in [6.45, 7) is 2.83. The minimum atomic E-state index is -0.511. The monoisotopic (exact) mass is 349 g/mol. The van der Waals surface area contributed by atoms with Gasteiger partial charge in [-0.05, 0) is 25.1 Å². The van der Waals surface area contributed by atoms with Crippen molar-refractivity contribution in [1.82, 2.24) is 10.3 Å². The zero-order valence-corrected chi connectivity index (χ0v) is 14.3. The Hall–Kier alpha value is -2.45. The number of nitrogens with zero attached hydrogens (tertiary/aromatic N) is 1. The van der Waals surface area contributed by atoms with Crippen LogP contribution >= 0.6 is 11.3 Å². The summed E-state index contributed by atoms with van der Waals surface area (Å²) in [5.41, 5.74) is 6.32. The molecule has 0 aliphatic heterocycles. The first-order valence-electron chi connectivity index (χ1n) is 7.27. The minimum absolute atomic E-state index is 0.229. The van der Waals surface area contributed by atoms with Crippen molar-refractivity contribution >= 4 is 23.2 Å². The highest BCUT2D eigenvalue weighted by Gasteiger charge is 2.13. The van der Waals surface area contributed by atoms with Crippen molar-refractivity contribution in [3.63, 3.8) is 0 Å². The normalized spacial score (nSPS) is 10.4. The quantitative estimate of drug-likeness (QED) is 0.703. The first-order valence-corrected chi connectivity index (χ1v) is 8.09. The number of carbonyl (C=O) groups excluding carboxylic acids is 2. The number of benzene rings is 1. The van der Waals surface area contributed by atoms with Crippen LogP contribution in [0.15, 0.2) is 24.3 Å². The standard InChI is InChI=1S/C16H19N3O4S/c1-10-14(15(17)20)24-13(19-10)9-18-16(21)11-4-3-5-12(8-11)23-7-6-22-2/h3-5,8H,6-7,9H2,1-2H3,(H2,17,20)(H,18,21). The first-order chi connectivity index (χ1) is 11.5.